The van der Waals surface area contributed by atoms with Gasteiger partial charge in [0.05, 0.1) is 18.2 Å². The number of nitrogens with one attached hydrogen (secondary N) is 2. The minimum absolute atomic E-state index is 0.133. The molecule has 0 saturated carbocycles. The summed E-state index contributed by atoms with van der Waals surface area (Å²) in [6, 6.07) is 7.74. The van der Waals surface area contributed by atoms with Gasteiger partial charge in [-0.25, -0.2) is 4.79 Å². The number of ether oxygens (including phenoxy) is 1. The number of amides is 1. The number of carbonyl (C=O) groups excluding carboxylic acids is 1. The topological polar surface area (TPSA) is 55.3 Å². The van der Waals surface area contributed by atoms with Crippen LogP contribution in [-0.4, -0.2) is 36.9 Å². The van der Waals surface area contributed by atoms with Gasteiger partial charge in [0, 0.05) is 30.9 Å². The molecule has 0 fully saturated rings. The van der Waals surface area contributed by atoms with E-state index in [2.05, 4.69) is 10.6 Å². The van der Waals surface area contributed by atoms with Crippen molar-refractivity contribution in [2.75, 3.05) is 25.5 Å². The van der Waals surface area contributed by atoms with Gasteiger partial charge in [-0.15, -0.1) is 0 Å². The van der Waals surface area contributed by atoms with Gasteiger partial charge in [0.15, 0.2) is 0 Å². The van der Waals surface area contributed by atoms with Crippen molar-refractivity contribution in [1.82, 2.24) is 9.88 Å². The number of fused-ring (bicyclic) bond motifs is 1. The van der Waals surface area contributed by atoms with Crippen LogP contribution >= 0.6 is 0 Å². The number of nitrogens with zero attached hydrogens (tertiary/aromatic N) is 1. The summed E-state index contributed by atoms with van der Waals surface area (Å²) in [4.78, 5) is 11.7. The fourth-order valence-electron chi connectivity index (χ4n) is 2.04. The average molecular weight is 275 g/mol. The van der Waals surface area contributed by atoms with Crippen molar-refractivity contribution in [3.05, 3.63) is 30.5 Å². The van der Waals surface area contributed by atoms with Gasteiger partial charge in [0.2, 0.25) is 0 Å². The van der Waals surface area contributed by atoms with Crippen LogP contribution in [0.3, 0.4) is 0 Å². The van der Waals surface area contributed by atoms with Crippen LogP contribution in [0.4, 0.5) is 10.5 Å². The second-order valence-electron chi connectivity index (χ2n) is 4.86. The molecule has 0 aliphatic carbocycles. The van der Waals surface area contributed by atoms with Gasteiger partial charge in [-0.3, -0.25) is 4.57 Å². The molecule has 0 spiro atoms. The Balaban J connectivity index is 2.05. The third-order valence-electron chi connectivity index (χ3n) is 3.01. The first-order valence-corrected chi connectivity index (χ1v) is 6.80. The minimum Gasteiger partial charge on any atom is -0.383 e. The van der Waals surface area contributed by atoms with E-state index in [0.29, 0.717) is 6.61 Å². The molecule has 1 aromatic carbocycles. The molecule has 20 heavy (non-hydrogen) atoms. The van der Waals surface area contributed by atoms with Gasteiger partial charge >= 0.3 is 6.03 Å². The van der Waals surface area contributed by atoms with Crippen LogP contribution in [0.2, 0.25) is 0 Å². The summed E-state index contributed by atoms with van der Waals surface area (Å²) in [5.74, 6) is 0. The molecular formula is C15H21N3O2. The summed E-state index contributed by atoms with van der Waals surface area (Å²) in [6.45, 7) is 5.48. The van der Waals surface area contributed by atoms with Crippen molar-refractivity contribution < 1.29 is 9.53 Å². The van der Waals surface area contributed by atoms with Gasteiger partial charge in [-0.05, 0) is 38.1 Å². The van der Waals surface area contributed by atoms with Gasteiger partial charge in [-0.1, -0.05) is 0 Å². The highest BCUT2D eigenvalue weighted by molar-refractivity contribution is 5.93. The monoisotopic (exact) mass is 275 g/mol. The molecule has 5 nitrogen and oxygen atoms in total. The van der Waals surface area contributed by atoms with Crippen molar-refractivity contribution in [2.45, 2.75) is 20.0 Å². The van der Waals surface area contributed by atoms with Crippen molar-refractivity contribution in [1.29, 1.82) is 0 Å². The second-order valence-corrected chi connectivity index (χ2v) is 4.86. The van der Waals surface area contributed by atoms with Crippen LogP contribution in [0.15, 0.2) is 30.5 Å². The third kappa shape index (κ3) is 3.30. The molecule has 0 saturated heterocycles. The molecule has 0 bridgehead atoms. The molecule has 1 aromatic heterocycles. The predicted molar refractivity (Wildman–Crippen MR) is 81.4 cm³/mol. The quantitative estimate of drug-likeness (QED) is 0.825. The number of aromatic nitrogens is 1. The third-order valence-corrected chi connectivity index (χ3v) is 3.01. The first kappa shape index (κ1) is 14.4. The predicted octanol–water partition coefficient (Wildman–Crippen LogP) is 2.67. The summed E-state index contributed by atoms with van der Waals surface area (Å²) in [5.41, 5.74) is 1.92. The smallest absolute Gasteiger partial charge is 0.325 e. The highest BCUT2D eigenvalue weighted by Crippen LogP contribution is 2.20. The number of rotatable bonds is 5. The lowest BCUT2D eigenvalue weighted by atomic mass is 10.2. The van der Waals surface area contributed by atoms with Crippen LogP contribution < -0.4 is 10.6 Å². The summed E-state index contributed by atoms with van der Waals surface area (Å²) in [7, 11) is 1.62. The highest BCUT2D eigenvalue weighted by Gasteiger charge is 2.07. The second kappa shape index (κ2) is 6.43. The molecule has 1 heterocycles. The maximum Gasteiger partial charge on any atom is 0.325 e. The summed E-state index contributed by atoms with van der Waals surface area (Å²) in [6.07, 6.45) is 2.02. The van der Waals surface area contributed by atoms with E-state index in [9.17, 15) is 4.79 Å². The van der Waals surface area contributed by atoms with E-state index in [4.69, 9.17) is 4.74 Å². The van der Waals surface area contributed by atoms with E-state index in [1.807, 2.05) is 38.1 Å². The van der Waals surface area contributed by atoms with Crippen LogP contribution in [-0.2, 0) is 4.74 Å². The van der Waals surface area contributed by atoms with Crippen molar-refractivity contribution in [2.24, 2.45) is 0 Å². The Morgan fingerprint density at radius 3 is 2.85 bits per heavy atom. The largest absolute Gasteiger partial charge is 0.383 e. The van der Waals surface area contributed by atoms with Crippen molar-refractivity contribution >= 4 is 22.6 Å². The van der Waals surface area contributed by atoms with E-state index in [1.165, 1.54) is 0 Å². The number of benzene rings is 1. The van der Waals surface area contributed by atoms with Crippen LogP contribution in [0.5, 0.6) is 0 Å². The van der Waals surface area contributed by atoms with Crippen molar-refractivity contribution in [3.63, 3.8) is 0 Å². The Kier molecular flexibility index (Phi) is 4.63. The number of anilines is 1. The molecule has 108 valence electrons. The SMILES string of the molecule is CNC(=O)n1ccc2cc(NCCOC(C)C)ccc21. The summed E-state index contributed by atoms with van der Waals surface area (Å²) >= 11 is 0. The Morgan fingerprint density at radius 2 is 2.15 bits per heavy atom. The fraction of sp³-hybridized carbons (Fsp3) is 0.400. The van der Waals surface area contributed by atoms with Gasteiger partial charge in [0.1, 0.15) is 0 Å². The lowest BCUT2D eigenvalue weighted by molar-refractivity contribution is 0.0870. The molecule has 0 radical (unpaired) electrons. The molecule has 0 atom stereocenters. The standard InChI is InChI=1S/C15H21N3O2/c1-11(2)20-9-7-17-13-4-5-14-12(10-13)6-8-18(14)15(19)16-3/h4-6,8,10-11,17H,7,9H2,1-3H3,(H,16,19). The van der Waals surface area contributed by atoms with Gasteiger partial charge in [0.25, 0.3) is 0 Å². The van der Waals surface area contributed by atoms with Crippen LogP contribution in [0, 0.1) is 0 Å². The van der Waals surface area contributed by atoms with Crippen LogP contribution in [0.1, 0.15) is 13.8 Å². The molecule has 2 rings (SSSR count). The lowest BCUT2D eigenvalue weighted by Gasteiger charge is -2.10. The van der Waals surface area contributed by atoms with E-state index in [0.717, 1.165) is 23.1 Å². The maximum absolute atomic E-state index is 11.7. The molecular weight excluding hydrogens is 254 g/mol. The fourth-order valence-corrected chi connectivity index (χ4v) is 2.04. The molecule has 0 unspecified atom stereocenters. The first-order chi connectivity index (χ1) is 9.61. The zero-order chi connectivity index (χ0) is 14.5. The normalized spacial score (nSPS) is 11.0. The van der Waals surface area contributed by atoms with E-state index in [1.54, 1.807) is 17.8 Å². The average Bonchev–Trinajstić information content (AvgIpc) is 2.85. The Hall–Kier alpha value is -2.01. The van der Waals surface area contributed by atoms with Crippen molar-refractivity contribution in [3.8, 4) is 0 Å². The van der Waals surface area contributed by atoms with Gasteiger partial charge in [-0.2, -0.15) is 0 Å². The zero-order valence-electron chi connectivity index (χ0n) is 12.1. The number of hydrogen-bond donors (Lipinski definition) is 2. The maximum atomic E-state index is 11.7. The number of carbonyl (C=O) groups is 1. The van der Waals surface area contributed by atoms with E-state index >= 15 is 0 Å². The number of hydrogen-bond acceptors (Lipinski definition) is 3. The Bertz CT molecular complexity index is 590. The Labute approximate surface area is 118 Å². The molecule has 2 N–H and O–H groups in total. The zero-order valence-corrected chi connectivity index (χ0v) is 12.1. The molecule has 5 heteroatoms. The minimum atomic E-state index is -0.133. The van der Waals surface area contributed by atoms with E-state index < -0.39 is 0 Å². The summed E-state index contributed by atoms with van der Waals surface area (Å²) in [5, 5.41) is 6.96. The molecule has 0 aliphatic rings. The van der Waals surface area contributed by atoms with Crippen LogP contribution in [0.25, 0.3) is 10.9 Å². The Morgan fingerprint density at radius 1 is 1.35 bits per heavy atom. The van der Waals surface area contributed by atoms with Gasteiger partial charge < -0.3 is 15.4 Å². The lowest BCUT2D eigenvalue weighted by Crippen LogP contribution is -2.23. The summed E-state index contributed by atoms with van der Waals surface area (Å²) < 4.78 is 7.08. The van der Waals surface area contributed by atoms with E-state index in [-0.39, 0.29) is 12.1 Å². The highest BCUT2D eigenvalue weighted by atomic mass is 16.5. The molecule has 2 aromatic rings. The molecule has 0 aliphatic heterocycles. The molecule has 1 amide bonds. The first-order valence-electron chi connectivity index (χ1n) is 6.80.